The van der Waals surface area contributed by atoms with Gasteiger partial charge in [0.1, 0.15) is 5.76 Å². The van der Waals surface area contributed by atoms with Gasteiger partial charge in [0.05, 0.1) is 6.16 Å². The Balaban J connectivity index is 0. The van der Waals surface area contributed by atoms with Gasteiger partial charge in [-0.15, -0.1) is 0 Å². The summed E-state index contributed by atoms with van der Waals surface area (Å²) < 4.78 is 15.4. The maximum absolute atomic E-state index is 11.2. The van der Waals surface area contributed by atoms with Crippen LogP contribution in [0.25, 0.3) is 0 Å². The van der Waals surface area contributed by atoms with Crippen LogP contribution >= 0.6 is 7.60 Å². The molecule has 0 aliphatic rings. The quantitative estimate of drug-likeness (QED) is 0.174. The molecule has 3 N–H and O–H groups in total. The molecular weight excluding hydrogens is 357 g/mol. The van der Waals surface area contributed by atoms with E-state index in [1.165, 1.54) is 6.92 Å². The van der Waals surface area contributed by atoms with Crippen molar-refractivity contribution in [3.05, 3.63) is 48.8 Å². The van der Waals surface area contributed by atoms with Crippen LogP contribution in [0.4, 0.5) is 0 Å². The van der Waals surface area contributed by atoms with Crippen molar-refractivity contribution in [2.24, 2.45) is 0 Å². The fourth-order valence-corrected chi connectivity index (χ4v) is 2.01. The van der Waals surface area contributed by atoms with E-state index in [1.807, 2.05) is 13.0 Å². The molecular formula is C18H30NO6P. The van der Waals surface area contributed by atoms with Crippen LogP contribution in [0.3, 0.4) is 0 Å². The number of amides is 1. The molecule has 0 saturated carbocycles. The minimum atomic E-state index is -3.88. The van der Waals surface area contributed by atoms with Crippen LogP contribution in [0.2, 0.25) is 0 Å². The molecule has 0 heterocycles. The van der Waals surface area contributed by atoms with E-state index >= 15 is 0 Å². The lowest BCUT2D eigenvalue weighted by atomic mass is 10.2. The van der Waals surface area contributed by atoms with Gasteiger partial charge in [-0.2, -0.15) is 0 Å². The van der Waals surface area contributed by atoms with Crippen LogP contribution in [0.1, 0.15) is 40.0 Å². The number of carbonyl (C=O) groups excluding carboxylic acids is 2. The first-order valence-corrected chi connectivity index (χ1v) is 10.1. The normalized spacial score (nSPS) is 10.3. The average molecular weight is 387 g/mol. The Hall–Kier alpha value is -1.95. The molecule has 0 rings (SSSR count). The molecule has 0 radical (unpaired) electrons. The van der Waals surface area contributed by atoms with Crippen molar-refractivity contribution in [3.63, 3.8) is 0 Å². The van der Waals surface area contributed by atoms with Gasteiger partial charge in [0, 0.05) is 25.5 Å². The first kappa shape index (κ1) is 26.3. The van der Waals surface area contributed by atoms with Gasteiger partial charge in [-0.3, -0.25) is 14.2 Å². The molecule has 0 unspecified atom stereocenters. The first-order chi connectivity index (χ1) is 12.1. The van der Waals surface area contributed by atoms with Crippen molar-refractivity contribution in [1.29, 1.82) is 0 Å². The highest BCUT2D eigenvalue weighted by atomic mass is 31.2. The summed E-state index contributed by atoms with van der Waals surface area (Å²) in [7, 11) is -3.88. The van der Waals surface area contributed by atoms with Crippen LogP contribution in [0.15, 0.2) is 48.8 Å². The standard InChI is InChI=1S/C13H18O2.C5H12NO4P/c1-5-9-10-12(11(6-2)7-3)15-13(14)8-4;1-5(7)6-3-2-4-11(8,9)10/h6-7,9-10H,2-3,5,8H2,1,4H3;2-4H2,1H3,(H,6,7)(H2,8,9,10)/b10-9-;. The van der Waals surface area contributed by atoms with Crippen molar-refractivity contribution in [3.8, 4) is 0 Å². The van der Waals surface area contributed by atoms with E-state index in [2.05, 4.69) is 18.5 Å². The minimum absolute atomic E-state index is 0.173. The molecule has 0 fully saturated rings. The van der Waals surface area contributed by atoms with Crippen LogP contribution in [-0.4, -0.2) is 34.4 Å². The van der Waals surface area contributed by atoms with Gasteiger partial charge < -0.3 is 19.8 Å². The summed E-state index contributed by atoms with van der Waals surface area (Å²) in [6.07, 6.45) is 8.30. The molecule has 26 heavy (non-hydrogen) atoms. The second-order valence-electron chi connectivity index (χ2n) is 5.09. The molecule has 8 heteroatoms. The predicted octanol–water partition coefficient (Wildman–Crippen LogP) is 3.22. The summed E-state index contributed by atoms with van der Waals surface area (Å²) in [6, 6.07) is 0. The maximum atomic E-state index is 11.2. The SMILES string of the molecule is C=CC(C=C)=C(/C=C\CC)OC(=O)CC.CC(=O)NCCCP(=O)(O)O. The lowest BCUT2D eigenvalue weighted by Gasteiger charge is -2.06. The second-order valence-corrected chi connectivity index (χ2v) is 6.87. The van der Waals surface area contributed by atoms with Gasteiger partial charge >= 0.3 is 13.6 Å². The number of carbonyl (C=O) groups is 2. The maximum Gasteiger partial charge on any atom is 0.325 e. The molecule has 1 amide bonds. The van der Waals surface area contributed by atoms with Crippen LogP contribution in [-0.2, 0) is 18.9 Å². The number of rotatable bonds is 10. The molecule has 0 atom stereocenters. The van der Waals surface area contributed by atoms with E-state index in [0.29, 0.717) is 25.1 Å². The van der Waals surface area contributed by atoms with Gasteiger partial charge in [-0.1, -0.05) is 45.2 Å². The minimum Gasteiger partial charge on any atom is -0.426 e. The third-order valence-electron chi connectivity index (χ3n) is 2.74. The zero-order chi connectivity index (χ0) is 20.6. The Morgan fingerprint density at radius 2 is 1.77 bits per heavy atom. The lowest BCUT2D eigenvalue weighted by Crippen LogP contribution is -2.21. The Bertz CT molecular complexity index is 564. The summed E-state index contributed by atoms with van der Waals surface area (Å²) in [5.74, 6) is 0.0661. The Kier molecular flexibility index (Phi) is 15.5. The third-order valence-corrected chi connectivity index (χ3v) is 3.64. The molecule has 0 spiro atoms. The van der Waals surface area contributed by atoms with E-state index < -0.39 is 7.60 Å². The highest BCUT2D eigenvalue weighted by molar-refractivity contribution is 7.51. The van der Waals surface area contributed by atoms with Gasteiger partial charge in [-0.25, -0.2) is 0 Å². The Morgan fingerprint density at radius 3 is 2.15 bits per heavy atom. The van der Waals surface area contributed by atoms with Gasteiger partial charge in [0.25, 0.3) is 0 Å². The smallest absolute Gasteiger partial charge is 0.325 e. The topological polar surface area (TPSA) is 113 Å². The molecule has 0 aromatic heterocycles. The van der Waals surface area contributed by atoms with E-state index in [-0.39, 0.29) is 18.0 Å². The number of hydrogen-bond acceptors (Lipinski definition) is 4. The second kappa shape index (κ2) is 15.3. The lowest BCUT2D eigenvalue weighted by molar-refractivity contribution is -0.138. The highest BCUT2D eigenvalue weighted by Gasteiger charge is 2.11. The highest BCUT2D eigenvalue weighted by Crippen LogP contribution is 2.34. The summed E-state index contributed by atoms with van der Waals surface area (Å²) in [4.78, 5) is 38.2. The monoisotopic (exact) mass is 387 g/mol. The molecule has 148 valence electrons. The van der Waals surface area contributed by atoms with E-state index in [9.17, 15) is 14.2 Å². The Morgan fingerprint density at radius 1 is 1.19 bits per heavy atom. The van der Waals surface area contributed by atoms with Gasteiger partial charge in [-0.05, 0) is 18.9 Å². The predicted molar refractivity (Wildman–Crippen MR) is 103 cm³/mol. The van der Waals surface area contributed by atoms with Crippen molar-refractivity contribution in [2.45, 2.75) is 40.0 Å². The molecule has 0 aliphatic carbocycles. The number of nitrogens with one attached hydrogen (secondary N) is 1. The number of esters is 1. The molecule has 0 bridgehead atoms. The summed E-state index contributed by atoms with van der Waals surface area (Å²) in [6.45, 7) is 12.7. The van der Waals surface area contributed by atoms with Crippen molar-refractivity contribution < 1.29 is 28.7 Å². The summed E-state index contributed by atoms with van der Waals surface area (Å²) in [5.41, 5.74) is 0.724. The zero-order valence-corrected chi connectivity index (χ0v) is 16.6. The molecule has 0 saturated heterocycles. The summed E-state index contributed by atoms with van der Waals surface area (Å²) >= 11 is 0. The average Bonchev–Trinajstić information content (AvgIpc) is 2.56. The van der Waals surface area contributed by atoms with Crippen molar-refractivity contribution in [2.75, 3.05) is 12.7 Å². The molecule has 0 aliphatic heterocycles. The fraction of sp³-hybridized carbons (Fsp3) is 0.444. The first-order valence-electron chi connectivity index (χ1n) is 8.26. The zero-order valence-electron chi connectivity index (χ0n) is 15.7. The third kappa shape index (κ3) is 16.9. The van der Waals surface area contributed by atoms with Gasteiger partial charge in [0.15, 0.2) is 0 Å². The largest absolute Gasteiger partial charge is 0.426 e. The van der Waals surface area contributed by atoms with Crippen molar-refractivity contribution in [1.82, 2.24) is 5.32 Å². The van der Waals surface area contributed by atoms with Gasteiger partial charge in [0.2, 0.25) is 5.91 Å². The number of hydrogen-bond donors (Lipinski definition) is 3. The van der Waals surface area contributed by atoms with Crippen LogP contribution in [0, 0.1) is 0 Å². The van der Waals surface area contributed by atoms with E-state index in [1.54, 1.807) is 25.2 Å². The van der Waals surface area contributed by atoms with Crippen LogP contribution in [0.5, 0.6) is 0 Å². The fourth-order valence-electron chi connectivity index (χ4n) is 1.44. The van der Waals surface area contributed by atoms with E-state index in [4.69, 9.17) is 14.5 Å². The van der Waals surface area contributed by atoms with E-state index in [0.717, 1.165) is 12.0 Å². The van der Waals surface area contributed by atoms with Crippen molar-refractivity contribution >= 4 is 19.5 Å². The Labute approximate surface area is 155 Å². The molecule has 0 aromatic rings. The number of ether oxygens (including phenoxy) is 1. The molecule has 7 nitrogen and oxygen atoms in total. The number of allylic oxidation sites excluding steroid dienone is 5. The summed E-state index contributed by atoms with van der Waals surface area (Å²) in [5, 5.41) is 2.44. The van der Waals surface area contributed by atoms with Crippen LogP contribution < -0.4 is 5.32 Å². The molecule has 0 aromatic carbocycles.